The lowest BCUT2D eigenvalue weighted by Gasteiger charge is -2.47. The molecule has 1 amide bonds. The van der Waals surface area contributed by atoms with Crippen molar-refractivity contribution >= 4 is 40.6 Å². The van der Waals surface area contributed by atoms with Gasteiger partial charge in [-0.2, -0.15) is 0 Å². The molecule has 14 heteroatoms. The van der Waals surface area contributed by atoms with Gasteiger partial charge in [-0.25, -0.2) is 14.8 Å². The number of likely N-dealkylation sites (N-methyl/N-ethyl adjacent to an activating group) is 1. The molecule has 302 valence electrons. The van der Waals surface area contributed by atoms with Crippen molar-refractivity contribution in [1.82, 2.24) is 20.2 Å². The summed E-state index contributed by atoms with van der Waals surface area (Å²) in [6.45, 7) is 13.8. The number of carbonyl (C=O) groups excluding carboxylic acids is 4. The molecule has 2 N–H and O–H groups in total. The molecular formula is C41H58N4O10. The second kappa shape index (κ2) is 17.1. The lowest BCUT2D eigenvalue weighted by atomic mass is 9.73. The van der Waals surface area contributed by atoms with Crippen molar-refractivity contribution in [2.24, 2.45) is 23.7 Å². The Bertz CT molecular complexity index is 1750. The van der Waals surface area contributed by atoms with E-state index in [9.17, 15) is 24.3 Å². The van der Waals surface area contributed by atoms with Crippen molar-refractivity contribution in [2.45, 2.75) is 129 Å². The molecule has 2 aromatic rings. The van der Waals surface area contributed by atoms with Crippen LogP contribution in [0.3, 0.4) is 0 Å². The highest BCUT2D eigenvalue weighted by atomic mass is 16.7. The van der Waals surface area contributed by atoms with Gasteiger partial charge in [0.15, 0.2) is 17.7 Å². The number of aliphatic hydroxyl groups is 1. The number of ketones is 2. The number of cyclic esters (lactones) is 1. The Hall–Kier alpha value is -3.82. The van der Waals surface area contributed by atoms with Crippen molar-refractivity contribution < 1.29 is 48.0 Å². The molecular weight excluding hydrogens is 708 g/mol. The number of aromatic nitrogens is 2. The highest BCUT2D eigenvalue weighted by Gasteiger charge is 2.57. The fourth-order valence-electron chi connectivity index (χ4n) is 8.66. The first kappa shape index (κ1) is 42.3. The zero-order valence-electron chi connectivity index (χ0n) is 33.7. The molecule has 3 aliphatic heterocycles. The largest absolute Gasteiger partial charge is 0.458 e. The zero-order valence-corrected chi connectivity index (χ0v) is 33.7. The van der Waals surface area contributed by atoms with Crippen LogP contribution in [0.1, 0.15) is 80.2 Å². The van der Waals surface area contributed by atoms with Crippen molar-refractivity contribution in [3.05, 3.63) is 42.4 Å². The highest BCUT2D eigenvalue weighted by Crippen LogP contribution is 2.40. The van der Waals surface area contributed by atoms with Crippen LogP contribution in [0.5, 0.6) is 0 Å². The second-order valence-electron chi connectivity index (χ2n) is 16.2. The number of ether oxygens (including phenoxy) is 5. The van der Waals surface area contributed by atoms with Gasteiger partial charge in [-0.1, -0.05) is 45.9 Å². The number of alkyl carbamates (subject to hydrolysis) is 1. The molecule has 0 unspecified atom stereocenters. The van der Waals surface area contributed by atoms with Crippen molar-refractivity contribution in [2.75, 3.05) is 20.7 Å². The third-order valence-corrected chi connectivity index (χ3v) is 11.8. The fourth-order valence-corrected chi connectivity index (χ4v) is 8.66. The summed E-state index contributed by atoms with van der Waals surface area (Å²) in [6, 6.07) is 4.65. The Morgan fingerprint density at radius 3 is 2.47 bits per heavy atom. The Morgan fingerprint density at radius 1 is 1.05 bits per heavy atom. The average molecular weight is 767 g/mol. The highest BCUT2D eigenvalue weighted by molar-refractivity contribution is 6.00. The predicted molar refractivity (Wildman–Crippen MR) is 204 cm³/mol. The van der Waals surface area contributed by atoms with Crippen LogP contribution >= 0.6 is 0 Å². The summed E-state index contributed by atoms with van der Waals surface area (Å²) in [5, 5.41) is 15.2. The summed E-state index contributed by atoms with van der Waals surface area (Å²) in [7, 11) is 3.74. The van der Waals surface area contributed by atoms with E-state index in [4.69, 9.17) is 23.7 Å². The van der Waals surface area contributed by atoms with Gasteiger partial charge >= 0.3 is 12.1 Å². The van der Waals surface area contributed by atoms with Crippen LogP contribution in [0.2, 0.25) is 0 Å². The minimum atomic E-state index is -1.38. The van der Waals surface area contributed by atoms with E-state index in [1.807, 2.05) is 56.3 Å². The number of carbonyl (C=O) groups is 4. The van der Waals surface area contributed by atoms with Crippen LogP contribution in [0.25, 0.3) is 17.0 Å². The van der Waals surface area contributed by atoms with Gasteiger partial charge in [0.25, 0.3) is 0 Å². The second-order valence-corrected chi connectivity index (χ2v) is 16.2. The van der Waals surface area contributed by atoms with Gasteiger partial charge in [0.1, 0.15) is 30.2 Å². The summed E-state index contributed by atoms with van der Waals surface area (Å²) >= 11 is 0. The molecule has 0 radical (unpaired) electrons. The van der Waals surface area contributed by atoms with Crippen molar-refractivity contribution in [1.29, 1.82) is 0 Å². The number of rotatable bonds is 8. The topological polar surface area (TPSA) is 176 Å². The average Bonchev–Trinajstić information content (AvgIpc) is 3.47. The fraction of sp³-hybridized carbons (Fsp3) is 0.659. The molecule has 14 nitrogen and oxygen atoms in total. The van der Waals surface area contributed by atoms with Crippen LogP contribution in [-0.2, 0) is 38.1 Å². The zero-order chi connectivity index (χ0) is 40.4. The van der Waals surface area contributed by atoms with Gasteiger partial charge in [0.2, 0.25) is 0 Å². The van der Waals surface area contributed by atoms with E-state index < -0.39 is 83.4 Å². The quantitative estimate of drug-likeness (QED) is 0.284. The molecule has 3 fully saturated rings. The molecule has 55 heavy (non-hydrogen) atoms. The Kier molecular flexibility index (Phi) is 13.2. The van der Waals surface area contributed by atoms with E-state index in [0.717, 1.165) is 16.5 Å². The van der Waals surface area contributed by atoms with Crippen LogP contribution in [0.4, 0.5) is 4.79 Å². The number of nitrogens with one attached hydrogen (secondary N) is 1. The number of fused-ring (bicyclic) bond motifs is 2. The Balaban J connectivity index is 1.56. The maximum atomic E-state index is 14.4. The summed E-state index contributed by atoms with van der Waals surface area (Å²) < 4.78 is 31.4. The van der Waals surface area contributed by atoms with E-state index in [-0.39, 0.29) is 37.4 Å². The van der Waals surface area contributed by atoms with Gasteiger partial charge in [0, 0.05) is 35.4 Å². The van der Waals surface area contributed by atoms with Crippen LogP contribution in [-0.4, -0.2) is 118 Å². The predicted octanol–water partition coefficient (Wildman–Crippen LogP) is 4.50. The smallest absolute Gasteiger partial charge is 0.408 e. The SMILES string of the molecule is CC[C@H]1OC(=O)[C@H](C)C(=O)[C@H](C)[C@@H](O[C@@H]2O[C@H](C)C[C@H](N(C)C)[C@H]2O)[C@](C)(OC/C=C/c2ccc3ncncc3c2)C[C@@H](C)C(=O)[C@H](C)[C@H]2NC(=O)O[C@@]21C. The number of aliphatic hydroxyl groups excluding tert-OH is 1. The van der Waals surface area contributed by atoms with Crippen LogP contribution in [0, 0.1) is 23.7 Å². The summed E-state index contributed by atoms with van der Waals surface area (Å²) in [5.41, 5.74) is -1.04. The maximum Gasteiger partial charge on any atom is 0.408 e. The molecule has 0 aliphatic carbocycles. The monoisotopic (exact) mass is 766 g/mol. The number of benzene rings is 1. The number of amides is 1. The van der Waals surface area contributed by atoms with Gasteiger partial charge in [-0.3, -0.25) is 14.4 Å². The third kappa shape index (κ3) is 8.93. The van der Waals surface area contributed by atoms with Gasteiger partial charge in [-0.05, 0) is 78.7 Å². The molecule has 3 aliphatic rings. The van der Waals surface area contributed by atoms with Crippen LogP contribution < -0.4 is 5.32 Å². The summed E-state index contributed by atoms with van der Waals surface area (Å²) in [5.74, 6) is -5.14. The molecule has 4 heterocycles. The van der Waals surface area contributed by atoms with Crippen molar-refractivity contribution in [3.8, 4) is 0 Å². The molecule has 5 rings (SSSR count). The minimum Gasteiger partial charge on any atom is -0.458 e. The number of hydrogen-bond donors (Lipinski definition) is 2. The Labute approximate surface area is 323 Å². The molecule has 3 saturated heterocycles. The molecule has 13 atom stereocenters. The van der Waals surface area contributed by atoms with Crippen LogP contribution in [0.15, 0.2) is 36.8 Å². The summed E-state index contributed by atoms with van der Waals surface area (Å²) in [4.78, 5) is 65.7. The molecule has 1 aromatic carbocycles. The first-order chi connectivity index (χ1) is 25.9. The number of Topliss-reactive ketones (excluding diaryl/α,β-unsaturated/α-hetero) is 2. The van der Waals surface area contributed by atoms with E-state index >= 15 is 0 Å². The van der Waals surface area contributed by atoms with E-state index in [0.29, 0.717) is 6.42 Å². The molecule has 0 saturated carbocycles. The number of esters is 1. The standard InChI is InChI=1S/C41H58N4O10/c1-11-31-41(8)35(44-39(50)55-41)24(4)32(46)22(2)19-40(7,51-16-12-13-27-14-15-29-28(18-27)20-42-21-43-29)36(25(5)33(47)26(6)37(49)53-31)54-38-34(48)30(45(9)10)17-23(3)52-38/h12-15,18,20-26,30-31,34-36,38,48H,11,16-17,19H2,1-10H3,(H,44,50)/b13-12+/t22-,23-,24+,25+,26-,30+,31-,34-,35-,36-,38+,40-,41-/m1/s1. The van der Waals surface area contributed by atoms with Gasteiger partial charge in [0.05, 0.1) is 36.0 Å². The first-order valence-corrected chi connectivity index (χ1v) is 19.3. The first-order valence-electron chi connectivity index (χ1n) is 19.3. The van der Waals surface area contributed by atoms with E-state index in [1.54, 1.807) is 47.7 Å². The van der Waals surface area contributed by atoms with Gasteiger partial charge in [-0.15, -0.1) is 0 Å². The Morgan fingerprint density at radius 2 is 1.78 bits per heavy atom. The van der Waals surface area contributed by atoms with Crippen molar-refractivity contribution in [3.63, 3.8) is 0 Å². The molecule has 1 aromatic heterocycles. The summed E-state index contributed by atoms with van der Waals surface area (Å²) in [6.07, 6.45) is 2.56. The maximum absolute atomic E-state index is 14.4. The normalized spacial score (nSPS) is 38.1. The van der Waals surface area contributed by atoms with Gasteiger partial charge < -0.3 is 39.0 Å². The third-order valence-electron chi connectivity index (χ3n) is 11.8. The lowest BCUT2D eigenvalue weighted by Crippen LogP contribution is -2.60. The van der Waals surface area contributed by atoms with E-state index in [2.05, 4.69) is 15.3 Å². The number of nitrogens with zero attached hydrogens (tertiary/aromatic N) is 3. The lowest BCUT2D eigenvalue weighted by molar-refractivity contribution is -0.296. The minimum absolute atomic E-state index is 0.0578. The molecule has 0 bridgehead atoms. The number of hydrogen-bond acceptors (Lipinski definition) is 13. The van der Waals surface area contributed by atoms with E-state index in [1.165, 1.54) is 13.3 Å². The molecule has 0 spiro atoms.